The lowest BCUT2D eigenvalue weighted by atomic mass is 10.0. The number of carbonyl (C=O) groups excluding carboxylic acids is 1. The Labute approximate surface area is 152 Å². The third kappa shape index (κ3) is 4.02. The van der Waals surface area contributed by atoms with E-state index >= 15 is 0 Å². The minimum Gasteiger partial charge on any atom is -0.487 e. The Morgan fingerprint density at radius 3 is 2.54 bits per heavy atom. The van der Waals surface area contributed by atoms with Gasteiger partial charge in [0.15, 0.2) is 5.75 Å². The predicted octanol–water partition coefficient (Wildman–Crippen LogP) is 4.18. The maximum Gasteiger partial charge on any atom is 0.311 e. The minimum absolute atomic E-state index is 0.0753. The fourth-order valence-electron chi connectivity index (χ4n) is 2.98. The fraction of sp³-hybridized carbons (Fsp3) is 0.350. The van der Waals surface area contributed by atoms with Crippen LogP contribution < -0.4 is 10.1 Å². The number of ether oxygens (including phenoxy) is 1. The van der Waals surface area contributed by atoms with Gasteiger partial charge in [-0.25, -0.2) is 0 Å². The third-order valence-corrected chi connectivity index (χ3v) is 4.53. The van der Waals surface area contributed by atoms with Crippen molar-refractivity contribution in [3.05, 3.63) is 69.3 Å². The minimum atomic E-state index is -0.528. The van der Waals surface area contributed by atoms with E-state index in [2.05, 4.69) is 5.32 Å². The molecule has 0 saturated heterocycles. The molecule has 1 aliphatic carbocycles. The SMILES string of the molecule is CCOc1ccc(C(=O)N[C@@H](c2ccc(C)cc2)C2CC2)cc1[N+](=O)[O-]. The molecule has 1 saturated carbocycles. The molecule has 1 N–H and O–H groups in total. The molecule has 1 fully saturated rings. The molecule has 136 valence electrons. The van der Waals surface area contributed by atoms with Crippen LogP contribution in [-0.2, 0) is 0 Å². The number of amides is 1. The van der Waals surface area contributed by atoms with E-state index in [1.165, 1.54) is 12.1 Å². The summed E-state index contributed by atoms with van der Waals surface area (Å²) in [4.78, 5) is 23.4. The number of rotatable bonds is 7. The van der Waals surface area contributed by atoms with Gasteiger partial charge >= 0.3 is 5.69 Å². The zero-order chi connectivity index (χ0) is 18.7. The van der Waals surface area contributed by atoms with Gasteiger partial charge in [0.25, 0.3) is 5.91 Å². The van der Waals surface area contributed by atoms with Crippen molar-refractivity contribution in [2.24, 2.45) is 5.92 Å². The van der Waals surface area contributed by atoms with Gasteiger partial charge in [-0.15, -0.1) is 0 Å². The lowest BCUT2D eigenvalue weighted by Crippen LogP contribution is -2.30. The Hall–Kier alpha value is -2.89. The van der Waals surface area contributed by atoms with Crippen LogP contribution >= 0.6 is 0 Å². The van der Waals surface area contributed by atoms with Crippen molar-refractivity contribution in [3.8, 4) is 5.75 Å². The molecule has 3 rings (SSSR count). The van der Waals surface area contributed by atoms with Crippen molar-refractivity contribution in [1.82, 2.24) is 5.32 Å². The molecule has 1 amide bonds. The Kier molecular flexibility index (Phi) is 5.21. The molecule has 0 aromatic heterocycles. The quantitative estimate of drug-likeness (QED) is 0.597. The number of aryl methyl sites for hydroxylation is 1. The molecule has 2 aromatic rings. The number of nitro groups is 1. The number of nitrogens with zero attached hydrogens (tertiary/aromatic N) is 1. The predicted molar refractivity (Wildman–Crippen MR) is 98.4 cm³/mol. The summed E-state index contributed by atoms with van der Waals surface area (Å²) in [6.45, 7) is 4.10. The second-order valence-electron chi connectivity index (χ2n) is 6.57. The van der Waals surface area contributed by atoms with Gasteiger partial charge in [-0.1, -0.05) is 29.8 Å². The molecule has 1 atom stereocenters. The van der Waals surface area contributed by atoms with Gasteiger partial charge in [0, 0.05) is 11.6 Å². The highest BCUT2D eigenvalue weighted by Crippen LogP contribution is 2.41. The number of nitro benzene ring substituents is 1. The van der Waals surface area contributed by atoms with Crippen molar-refractivity contribution < 1.29 is 14.5 Å². The average molecular weight is 354 g/mol. The van der Waals surface area contributed by atoms with E-state index in [1.807, 2.05) is 31.2 Å². The van der Waals surface area contributed by atoms with Crippen LogP contribution in [0.2, 0.25) is 0 Å². The summed E-state index contributed by atoms with van der Waals surface area (Å²) in [7, 11) is 0. The molecule has 0 spiro atoms. The fourth-order valence-corrected chi connectivity index (χ4v) is 2.98. The Morgan fingerprint density at radius 1 is 1.27 bits per heavy atom. The second kappa shape index (κ2) is 7.56. The van der Waals surface area contributed by atoms with Crippen LogP contribution in [0.4, 0.5) is 5.69 Å². The van der Waals surface area contributed by atoms with Gasteiger partial charge in [0.1, 0.15) is 0 Å². The van der Waals surface area contributed by atoms with Crippen LogP contribution in [0.25, 0.3) is 0 Å². The van der Waals surface area contributed by atoms with E-state index < -0.39 is 4.92 Å². The summed E-state index contributed by atoms with van der Waals surface area (Å²) in [5, 5.41) is 14.3. The van der Waals surface area contributed by atoms with Crippen molar-refractivity contribution in [3.63, 3.8) is 0 Å². The Bertz CT molecular complexity index is 813. The number of benzene rings is 2. The molecule has 6 nitrogen and oxygen atoms in total. The molecule has 1 aliphatic rings. The number of carbonyl (C=O) groups is 1. The van der Waals surface area contributed by atoms with E-state index in [4.69, 9.17) is 4.74 Å². The first-order chi connectivity index (χ1) is 12.5. The number of hydrogen-bond acceptors (Lipinski definition) is 4. The van der Waals surface area contributed by atoms with Crippen LogP contribution in [0.5, 0.6) is 5.75 Å². The molecule has 6 heteroatoms. The Balaban J connectivity index is 1.82. The zero-order valence-corrected chi connectivity index (χ0v) is 14.9. The number of hydrogen-bond donors (Lipinski definition) is 1. The monoisotopic (exact) mass is 354 g/mol. The van der Waals surface area contributed by atoms with Gasteiger partial charge in [0.2, 0.25) is 0 Å². The van der Waals surface area contributed by atoms with Crippen molar-refractivity contribution in [2.75, 3.05) is 6.61 Å². The van der Waals surface area contributed by atoms with Gasteiger partial charge < -0.3 is 10.1 Å². The molecular weight excluding hydrogens is 332 g/mol. The van der Waals surface area contributed by atoms with Crippen molar-refractivity contribution in [2.45, 2.75) is 32.7 Å². The maximum absolute atomic E-state index is 12.7. The second-order valence-corrected chi connectivity index (χ2v) is 6.57. The van der Waals surface area contributed by atoms with Gasteiger partial charge in [-0.3, -0.25) is 14.9 Å². The number of nitrogens with one attached hydrogen (secondary N) is 1. The maximum atomic E-state index is 12.7. The van der Waals surface area contributed by atoms with Crippen LogP contribution in [0.15, 0.2) is 42.5 Å². The van der Waals surface area contributed by atoms with E-state index in [0.29, 0.717) is 12.5 Å². The van der Waals surface area contributed by atoms with Gasteiger partial charge in [-0.05, 0) is 50.3 Å². The highest BCUT2D eigenvalue weighted by molar-refractivity contribution is 5.95. The van der Waals surface area contributed by atoms with E-state index in [-0.39, 0.29) is 28.9 Å². The normalized spacial score (nSPS) is 14.5. The molecular formula is C20H22N2O4. The topological polar surface area (TPSA) is 81.5 Å². The highest BCUT2D eigenvalue weighted by atomic mass is 16.6. The summed E-state index contributed by atoms with van der Waals surface area (Å²) < 4.78 is 5.27. The van der Waals surface area contributed by atoms with Gasteiger partial charge in [-0.2, -0.15) is 0 Å². The summed E-state index contributed by atoms with van der Waals surface area (Å²) >= 11 is 0. The largest absolute Gasteiger partial charge is 0.487 e. The van der Waals surface area contributed by atoms with E-state index in [9.17, 15) is 14.9 Å². The van der Waals surface area contributed by atoms with E-state index in [1.54, 1.807) is 13.0 Å². The molecule has 0 aliphatic heterocycles. The standard InChI is InChI=1S/C20H22N2O4/c1-3-26-18-11-10-16(12-17(18)22(24)25)20(23)21-19(15-8-9-15)14-6-4-13(2)5-7-14/h4-7,10-12,15,19H,3,8-9H2,1-2H3,(H,21,23)/t19-/m0/s1. The molecule has 0 radical (unpaired) electrons. The third-order valence-electron chi connectivity index (χ3n) is 4.53. The van der Waals surface area contributed by atoms with Crippen LogP contribution in [-0.4, -0.2) is 17.4 Å². The van der Waals surface area contributed by atoms with E-state index in [0.717, 1.165) is 24.0 Å². The zero-order valence-electron chi connectivity index (χ0n) is 14.9. The summed E-state index contributed by atoms with van der Waals surface area (Å²) in [6, 6.07) is 12.4. The Morgan fingerprint density at radius 2 is 1.96 bits per heavy atom. The van der Waals surface area contributed by atoms with Crippen LogP contribution in [0, 0.1) is 23.0 Å². The summed E-state index contributed by atoms with van der Waals surface area (Å²) in [5.41, 5.74) is 2.29. The lowest BCUT2D eigenvalue weighted by molar-refractivity contribution is -0.385. The smallest absolute Gasteiger partial charge is 0.311 e. The molecule has 0 bridgehead atoms. The first kappa shape index (κ1) is 17.9. The lowest BCUT2D eigenvalue weighted by Gasteiger charge is -2.19. The van der Waals surface area contributed by atoms with Crippen molar-refractivity contribution in [1.29, 1.82) is 0 Å². The first-order valence-corrected chi connectivity index (χ1v) is 8.78. The summed E-state index contributed by atoms with van der Waals surface area (Å²) in [6.07, 6.45) is 2.14. The molecule has 26 heavy (non-hydrogen) atoms. The average Bonchev–Trinajstić information content (AvgIpc) is 3.46. The highest BCUT2D eigenvalue weighted by Gasteiger charge is 2.33. The molecule has 0 unspecified atom stereocenters. The summed E-state index contributed by atoms with van der Waals surface area (Å²) in [5.74, 6) is 0.277. The van der Waals surface area contributed by atoms with Crippen LogP contribution in [0.3, 0.4) is 0 Å². The molecule has 0 heterocycles. The van der Waals surface area contributed by atoms with Crippen molar-refractivity contribution >= 4 is 11.6 Å². The van der Waals surface area contributed by atoms with Crippen LogP contribution in [0.1, 0.15) is 47.3 Å². The first-order valence-electron chi connectivity index (χ1n) is 8.78. The molecule has 2 aromatic carbocycles. The van der Waals surface area contributed by atoms with Gasteiger partial charge in [0.05, 0.1) is 17.6 Å².